The van der Waals surface area contributed by atoms with Gasteiger partial charge in [0.05, 0.1) is 38.3 Å². The molecule has 0 saturated heterocycles. The molecular weight excluding hydrogens is 457 g/mol. The number of hydrogen-bond donors (Lipinski definition) is 0. The van der Waals surface area contributed by atoms with Gasteiger partial charge in [0.15, 0.2) is 0 Å². The molecule has 4 nitrogen and oxygen atoms in total. The van der Waals surface area contributed by atoms with Crippen molar-refractivity contribution in [3.8, 4) is 0 Å². The molecule has 3 aromatic carbocycles. The van der Waals surface area contributed by atoms with E-state index in [2.05, 4.69) is 0 Å². The zero-order valence-corrected chi connectivity index (χ0v) is 19.1. The third-order valence-corrected chi connectivity index (χ3v) is 5.62. The van der Waals surface area contributed by atoms with Crippen molar-refractivity contribution in [3.05, 3.63) is 120 Å². The summed E-state index contributed by atoms with van der Waals surface area (Å²) in [6.45, 7) is 0.459. The first-order valence-corrected chi connectivity index (χ1v) is 11.4. The van der Waals surface area contributed by atoms with E-state index < -0.39 is 30.1 Å². The third-order valence-electron chi connectivity index (χ3n) is 5.62. The lowest BCUT2D eigenvalue weighted by Gasteiger charge is -2.38. The molecule has 0 fully saturated rings. The number of hydrogen-bond acceptors (Lipinski definition) is 4. The Labute approximate surface area is 202 Å². The molecule has 1 heterocycles. The van der Waals surface area contributed by atoms with E-state index in [1.807, 2.05) is 78.9 Å². The highest BCUT2D eigenvalue weighted by molar-refractivity contribution is 5.21. The molecule has 3 atom stereocenters. The molecule has 0 saturated carbocycles. The summed E-state index contributed by atoms with van der Waals surface area (Å²) in [4.78, 5) is 0. The summed E-state index contributed by atoms with van der Waals surface area (Å²) >= 11 is 0. The van der Waals surface area contributed by atoms with E-state index in [4.69, 9.17) is 18.9 Å². The van der Waals surface area contributed by atoms with Crippen molar-refractivity contribution < 1.29 is 32.1 Å². The Kier molecular flexibility index (Phi) is 8.58. The minimum Gasteiger partial charge on any atom is -0.492 e. The summed E-state index contributed by atoms with van der Waals surface area (Å²) in [5, 5.41) is 0. The predicted molar refractivity (Wildman–Crippen MR) is 125 cm³/mol. The molecule has 0 aromatic heterocycles. The highest BCUT2D eigenvalue weighted by Crippen LogP contribution is 2.37. The van der Waals surface area contributed by atoms with Gasteiger partial charge in [0.1, 0.15) is 18.3 Å². The maximum absolute atomic E-state index is 13.9. The zero-order valence-electron chi connectivity index (χ0n) is 19.1. The van der Waals surface area contributed by atoms with E-state index in [-0.39, 0.29) is 19.8 Å². The lowest BCUT2D eigenvalue weighted by molar-refractivity contribution is -0.183. The average molecular weight is 485 g/mol. The fraction of sp³-hybridized carbons (Fsp3) is 0.286. The van der Waals surface area contributed by atoms with Crippen LogP contribution in [0, 0.1) is 0 Å². The number of halogens is 3. The summed E-state index contributed by atoms with van der Waals surface area (Å²) < 4.78 is 65.0. The Balaban J connectivity index is 1.53. The van der Waals surface area contributed by atoms with Crippen LogP contribution in [0.3, 0.4) is 0 Å². The molecule has 4 rings (SSSR count). The van der Waals surface area contributed by atoms with Crippen molar-refractivity contribution in [3.63, 3.8) is 0 Å². The first kappa shape index (κ1) is 25.0. The summed E-state index contributed by atoms with van der Waals surface area (Å²) in [5.41, 5.74) is 1.64. The molecule has 0 spiro atoms. The van der Waals surface area contributed by atoms with Crippen LogP contribution in [-0.4, -0.2) is 31.1 Å². The first-order valence-electron chi connectivity index (χ1n) is 11.4. The highest BCUT2D eigenvalue weighted by Gasteiger charge is 2.49. The van der Waals surface area contributed by atoms with Crippen LogP contribution >= 0.6 is 0 Å². The monoisotopic (exact) mass is 484 g/mol. The molecule has 0 radical (unpaired) electrons. The largest absolute Gasteiger partial charge is 0.492 e. The maximum Gasteiger partial charge on any atom is 0.418 e. The van der Waals surface area contributed by atoms with Crippen LogP contribution in [0.5, 0.6) is 0 Å². The van der Waals surface area contributed by atoms with Crippen molar-refractivity contribution in [2.45, 2.75) is 44.3 Å². The quantitative estimate of drug-likeness (QED) is 0.342. The smallest absolute Gasteiger partial charge is 0.418 e. The van der Waals surface area contributed by atoms with Gasteiger partial charge in [0.2, 0.25) is 0 Å². The fourth-order valence-electron chi connectivity index (χ4n) is 3.81. The van der Waals surface area contributed by atoms with E-state index in [1.54, 1.807) is 12.1 Å². The van der Waals surface area contributed by atoms with Crippen LogP contribution < -0.4 is 0 Å². The molecule has 0 bridgehead atoms. The molecule has 1 aliphatic heterocycles. The van der Waals surface area contributed by atoms with Crippen LogP contribution in [-0.2, 0) is 38.8 Å². The van der Waals surface area contributed by atoms with Crippen LogP contribution in [0.25, 0.3) is 0 Å². The van der Waals surface area contributed by atoms with Crippen molar-refractivity contribution in [2.24, 2.45) is 0 Å². The number of rotatable bonds is 10. The lowest BCUT2D eigenvalue weighted by atomic mass is 9.97. The molecule has 7 heteroatoms. The van der Waals surface area contributed by atoms with Crippen molar-refractivity contribution in [2.75, 3.05) is 6.61 Å². The molecule has 0 unspecified atom stereocenters. The second-order valence-corrected chi connectivity index (χ2v) is 8.22. The van der Waals surface area contributed by atoms with Crippen molar-refractivity contribution >= 4 is 0 Å². The minimum absolute atomic E-state index is 0.00170. The molecule has 0 N–H and O–H groups in total. The van der Waals surface area contributed by atoms with Gasteiger partial charge in [-0.2, -0.15) is 13.2 Å². The maximum atomic E-state index is 13.9. The van der Waals surface area contributed by atoms with Gasteiger partial charge >= 0.3 is 6.18 Å². The van der Waals surface area contributed by atoms with Crippen LogP contribution in [0.4, 0.5) is 13.2 Å². The van der Waals surface area contributed by atoms with Crippen molar-refractivity contribution in [1.29, 1.82) is 0 Å². The van der Waals surface area contributed by atoms with Crippen LogP contribution in [0.15, 0.2) is 103 Å². The number of benzene rings is 3. The Hall–Kier alpha value is -3.13. The Morgan fingerprint density at radius 3 is 1.66 bits per heavy atom. The van der Waals surface area contributed by atoms with Gasteiger partial charge in [-0.1, -0.05) is 91.0 Å². The SMILES string of the molecule is FC(F)(F)C1=CO[C@H](COCc2ccccc2)[C@H](OCc2ccccc2)[C@@H]1OCc1ccccc1. The molecule has 184 valence electrons. The van der Waals surface area contributed by atoms with E-state index in [0.717, 1.165) is 23.0 Å². The Bertz CT molecular complexity index is 1060. The van der Waals surface area contributed by atoms with Crippen LogP contribution in [0.2, 0.25) is 0 Å². The van der Waals surface area contributed by atoms with E-state index in [1.165, 1.54) is 0 Å². The number of ether oxygens (including phenoxy) is 4. The topological polar surface area (TPSA) is 36.9 Å². The fourth-order valence-corrected chi connectivity index (χ4v) is 3.81. The molecular formula is C28H27F3O4. The summed E-state index contributed by atoms with van der Waals surface area (Å²) in [6, 6.07) is 27.9. The predicted octanol–water partition coefficient (Wildman–Crippen LogP) is 6.22. The standard InChI is InChI=1S/C28H27F3O4/c29-28(30,31)24-19-33-25(20-32-16-21-10-4-1-5-11-21)27(35-18-23-14-8-3-9-15-23)26(24)34-17-22-12-6-2-7-13-22/h1-15,19,25-27H,16-18,20H2/t25-,26-,27+/m1/s1. The molecule has 3 aromatic rings. The van der Waals surface area contributed by atoms with E-state index in [0.29, 0.717) is 6.61 Å². The lowest BCUT2D eigenvalue weighted by Crippen LogP contribution is -2.50. The van der Waals surface area contributed by atoms with Gasteiger partial charge < -0.3 is 18.9 Å². The third kappa shape index (κ3) is 7.18. The van der Waals surface area contributed by atoms with E-state index >= 15 is 0 Å². The first-order chi connectivity index (χ1) is 17.0. The van der Waals surface area contributed by atoms with Gasteiger partial charge in [-0.15, -0.1) is 0 Å². The second-order valence-electron chi connectivity index (χ2n) is 8.22. The molecule has 0 aliphatic carbocycles. The van der Waals surface area contributed by atoms with Crippen LogP contribution in [0.1, 0.15) is 16.7 Å². The van der Waals surface area contributed by atoms with E-state index in [9.17, 15) is 13.2 Å². The van der Waals surface area contributed by atoms with Gasteiger partial charge in [-0.3, -0.25) is 0 Å². The van der Waals surface area contributed by atoms with Crippen molar-refractivity contribution in [1.82, 2.24) is 0 Å². The summed E-state index contributed by atoms with van der Waals surface area (Å²) in [5.74, 6) is 0. The summed E-state index contributed by atoms with van der Waals surface area (Å²) in [7, 11) is 0. The Morgan fingerprint density at radius 1 is 0.657 bits per heavy atom. The molecule has 35 heavy (non-hydrogen) atoms. The Morgan fingerprint density at radius 2 is 1.14 bits per heavy atom. The van der Waals surface area contributed by atoms with Gasteiger partial charge in [0, 0.05) is 0 Å². The summed E-state index contributed by atoms with van der Waals surface area (Å²) in [6.07, 6.45) is -7.08. The minimum atomic E-state index is -4.63. The van der Waals surface area contributed by atoms with Gasteiger partial charge in [-0.05, 0) is 16.7 Å². The molecule has 0 amide bonds. The van der Waals surface area contributed by atoms with Gasteiger partial charge in [-0.25, -0.2) is 0 Å². The number of alkyl halides is 3. The normalized spacial score (nSPS) is 20.2. The van der Waals surface area contributed by atoms with Gasteiger partial charge in [0.25, 0.3) is 0 Å². The highest BCUT2D eigenvalue weighted by atomic mass is 19.4. The average Bonchev–Trinajstić information content (AvgIpc) is 2.88. The molecule has 1 aliphatic rings. The second kappa shape index (κ2) is 12.0. The zero-order chi connectivity index (χ0) is 24.5.